The molecule has 1 aromatic heterocycles. The van der Waals surface area contributed by atoms with Crippen molar-refractivity contribution in [3.8, 4) is 0 Å². The minimum absolute atomic E-state index is 0.0335. The molecule has 0 radical (unpaired) electrons. The minimum atomic E-state index is -0.574. The maximum Gasteiger partial charge on any atom is 0.327 e. The number of carbonyl (C=O) groups is 1. The predicted octanol–water partition coefficient (Wildman–Crippen LogP) is 1.07. The first-order valence-corrected chi connectivity index (χ1v) is 6.62. The number of hydrogen-bond donors (Lipinski definition) is 1. The quantitative estimate of drug-likeness (QED) is 0.439. The molecule has 1 aromatic rings. The van der Waals surface area contributed by atoms with Gasteiger partial charge in [-0.15, -0.1) is 0 Å². The predicted molar refractivity (Wildman–Crippen MR) is 79.6 cm³/mol. The van der Waals surface area contributed by atoms with Crippen molar-refractivity contribution in [2.75, 3.05) is 32.2 Å². The van der Waals surface area contributed by atoms with Gasteiger partial charge in [0.25, 0.3) is 5.56 Å². The van der Waals surface area contributed by atoms with E-state index in [9.17, 15) is 9.59 Å². The van der Waals surface area contributed by atoms with Gasteiger partial charge in [-0.05, 0) is 6.92 Å². The number of rotatable bonds is 8. The van der Waals surface area contributed by atoms with Crippen molar-refractivity contribution in [3.05, 3.63) is 33.7 Å². The molecule has 8 heteroatoms. The number of hydrogen-bond acceptors (Lipinski definition) is 6. The zero-order valence-corrected chi connectivity index (χ0v) is 12.8. The molecule has 116 valence electrons. The lowest BCUT2D eigenvalue weighted by atomic mass is 10.4. The second-order valence-corrected chi connectivity index (χ2v) is 4.73. The number of nitrogens with one attached hydrogen (secondary N) is 1. The van der Waals surface area contributed by atoms with Crippen LogP contribution in [-0.2, 0) is 20.8 Å². The summed E-state index contributed by atoms with van der Waals surface area (Å²) < 4.78 is 10.7. The maximum absolute atomic E-state index is 11.9. The van der Waals surface area contributed by atoms with Gasteiger partial charge in [0.15, 0.2) is 0 Å². The molecule has 1 heterocycles. The van der Waals surface area contributed by atoms with Crippen LogP contribution in [0.1, 0.15) is 6.92 Å². The third kappa shape index (κ3) is 5.57. The van der Waals surface area contributed by atoms with Crippen molar-refractivity contribution < 1.29 is 14.3 Å². The maximum atomic E-state index is 11.9. The van der Waals surface area contributed by atoms with Gasteiger partial charge in [0, 0.05) is 6.54 Å². The van der Waals surface area contributed by atoms with E-state index in [0.717, 1.165) is 10.3 Å². The number of ether oxygens (including phenoxy) is 2. The molecule has 0 spiro atoms. The van der Waals surface area contributed by atoms with Crippen LogP contribution in [0, 0.1) is 0 Å². The highest BCUT2D eigenvalue weighted by molar-refractivity contribution is 6.32. The van der Waals surface area contributed by atoms with Crippen LogP contribution in [0.25, 0.3) is 0 Å². The van der Waals surface area contributed by atoms with Gasteiger partial charge in [0.2, 0.25) is 0 Å². The van der Waals surface area contributed by atoms with Crippen molar-refractivity contribution in [2.24, 2.45) is 0 Å². The molecular weight excluding hydrogens is 298 g/mol. The van der Waals surface area contributed by atoms with Crippen LogP contribution in [0.2, 0.25) is 5.02 Å². The first-order chi connectivity index (χ1) is 9.95. The third-order valence-corrected chi connectivity index (χ3v) is 2.77. The van der Waals surface area contributed by atoms with E-state index >= 15 is 0 Å². The minimum Gasteiger partial charge on any atom is -0.468 e. The number of carbonyl (C=O) groups excluding carboxylic acids is 1. The van der Waals surface area contributed by atoms with Crippen LogP contribution in [-0.4, -0.2) is 42.6 Å². The lowest BCUT2D eigenvalue weighted by molar-refractivity contribution is -0.141. The molecular formula is C13H18ClN3O4. The van der Waals surface area contributed by atoms with E-state index < -0.39 is 11.5 Å². The Labute approximate surface area is 127 Å². The average Bonchev–Trinajstić information content (AvgIpc) is 2.45. The Hall–Kier alpha value is -1.86. The summed E-state index contributed by atoms with van der Waals surface area (Å²) in [6.45, 7) is 6.69. The molecule has 0 aliphatic rings. The number of halogens is 1. The number of anilines is 1. The van der Waals surface area contributed by atoms with Gasteiger partial charge in [0.05, 0.1) is 32.2 Å². The lowest BCUT2D eigenvalue weighted by Gasteiger charge is -2.10. The highest BCUT2D eigenvalue weighted by atomic mass is 35.5. The van der Waals surface area contributed by atoms with Gasteiger partial charge in [-0.1, -0.05) is 23.8 Å². The molecule has 21 heavy (non-hydrogen) atoms. The number of nitrogens with zero attached hydrogens (tertiary/aromatic N) is 2. The second kappa shape index (κ2) is 8.43. The molecule has 0 fully saturated rings. The summed E-state index contributed by atoms with van der Waals surface area (Å²) >= 11 is 5.95. The summed E-state index contributed by atoms with van der Waals surface area (Å²) in [7, 11) is 1.23. The highest BCUT2D eigenvalue weighted by Gasteiger charge is 2.11. The van der Waals surface area contributed by atoms with E-state index in [-0.39, 0.29) is 11.6 Å². The SMILES string of the molecule is C=C(C)COCCNc1cnn(CC(=O)OC)c(=O)c1Cl. The van der Waals surface area contributed by atoms with Gasteiger partial charge >= 0.3 is 5.97 Å². The van der Waals surface area contributed by atoms with Crippen LogP contribution in [0.15, 0.2) is 23.1 Å². The van der Waals surface area contributed by atoms with E-state index in [1.165, 1.54) is 13.3 Å². The molecule has 0 aliphatic carbocycles. The Morgan fingerprint density at radius 1 is 1.57 bits per heavy atom. The number of esters is 1. The monoisotopic (exact) mass is 315 g/mol. The van der Waals surface area contributed by atoms with Crippen molar-refractivity contribution in [3.63, 3.8) is 0 Å². The average molecular weight is 316 g/mol. The van der Waals surface area contributed by atoms with E-state index in [1.807, 2.05) is 6.92 Å². The Bertz CT molecular complexity index is 571. The largest absolute Gasteiger partial charge is 0.468 e. The summed E-state index contributed by atoms with van der Waals surface area (Å²) in [4.78, 5) is 23.0. The Kier molecular flexibility index (Phi) is 6.90. The number of aromatic nitrogens is 2. The van der Waals surface area contributed by atoms with E-state index in [2.05, 4.69) is 21.7 Å². The zero-order valence-electron chi connectivity index (χ0n) is 12.0. The smallest absolute Gasteiger partial charge is 0.327 e. The zero-order chi connectivity index (χ0) is 15.8. The summed E-state index contributed by atoms with van der Waals surface area (Å²) in [5.41, 5.74) is 0.761. The van der Waals surface area contributed by atoms with Crippen molar-refractivity contribution in [2.45, 2.75) is 13.5 Å². The van der Waals surface area contributed by atoms with Crippen molar-refractivity contribution in [1.29, 1.82) is 0 Å². The molecule has 0 amide bonds. The molecule has 0 saturated heterocycles. The topological polar surface area (TPSA) is 82.4 Å². The van der Waals surface area contributed by atoms with Gasteiger partial charge in [-0.3, -0.25) is 9.59 Å². The van der Waals surface area contributed by atoms with Crippen LogP contribution in [0.5, 0.6) is 0 Å². The summed E-state index contributed by atoms with van der Waals surface area (Å²) in [5, 5.41) is 6.77. The summed E-state index contributed by atoms with van der Waals surface area (Å²) in [6, 6.07) is 0. The third-order valence-electron chi connectivity index (χ3n) is 2.40. The highest BCUT2D eigenvalue weighted by Crippen LogP contribution is 2.14. The standard InChI is InChI=1S/C13H18ClN3O4/c1-9(2)8-21-5-4-15-10-6-16-17(7-11(18)20-3)13(19)12(10)14/h6,15H,1,4-5,7-8H2,2-3H3. The molecule has 0 unspecified atom stereocenters. The fourth-order valence-electron chi connectivity index (χ4n) is 1.39. The van der Waals surface area contributed by atoms with Crippen molar-refractivity contribution >= 4 is 23.3 Å². The molecule has 1 N–H and O–H groups in total. The fraction of sp³-hybridized carbons (Fsp3) is 0.462. The molecule has 0 atom stereocenters. The van der Waals surface area contributed by atoms with Crippen LogP contribution >= 0.6 is 11.6 Å². The fourth-order valence-corrected chi connectivity index (χ4v) is 1.61. The molecule has 0 saturated carbocycles. The molecule has 0 bridgehead atoms. The summed E-state index contributed by atoms with van der Waals surface area (Å²) in [5.74, 6) is -0.574. The van der Waals surface area contributed by atoms with Gasteiger partial charge in [-0.2, -0.15) is 5.10 Å². The van der Waals surface area contributed by atoms with E-state index in [4.69, 9.17) is 16.3 Å². The van der Waals surface area contributed by atoms with Crippen LogP contribution < -0.4 is 10.9 Å². The lowest BCUT2D eigenvalue weighted by Crippen LogP contribution is -2.28. The Morgan fingerprint density at radius 2 is 2.29 bits per heavy atom. The van der Waals surface area contributed by atoms with Gasteiger partial charge in [-0.25, -0.2) is 4.68 Å². The van der Waals surface area contributed by atoms with E-state index in [1.54, 1.807) is 0 Å². The molecule has 0 aromatic carbocycles. The number of methoxy groups -OCH3 is 1. The molecule has 7 nitrogen and oxygen atoms in total. The second-order valence-electron chi connectivity index (χ2n) is 4.35. The molecule has 0 aliphatic heterocycles. The van der Waals surface area contributed by atoms with Gasteiger partial charge in [0.1, 0.15) is 11.6 Å². The normalized spacial score (nSPS) is 10.2. The first kappa shape index (κ1) is 17.2. The first-order valence-electron chi connectivity index (χ1n) is 6.24. The Balaban J connectivity index is 2.61. The Morgan fingerprint density at radius 3 is 2.90 bits per heavy atom. The summed E-state index contributed by atoms with van der Waals surface area (Å²) in [6.07, 6.45) is 1.38. The van der Waals surface area contributed by atoms with Crippen LogP contribution in [0.4, 0.5) is 5.69 Å². The van der Waals surface area contributed by atoms with Crippen molar-refractivity contribution in [1.82, 2.24) is 9.78 Å². The molecule has 1 rings (SSSR count). The van der Waals surface area contributed by atoms with Crippen LogP contribution in [0.3, 0.4) is 0 Å². The van der Waals surface area contributed by atoms with Gasteiger partial charge < -0.3 is 14.8 Å². The van der Waals surface area contributed by atoms with E-state index in [0.29, 0.717) is 25.4 Å².